The Labute approximate surface area is 154 Å². The zero-order valence-corrected chi connectivity index (χ0v) is 14.8. The van der Waals surface area contributed by atoms with Crippen LogP contribution in [-0.2, 0) is 5.75 Å². The minimum atomic E-state index is -0.518. The van der Waals surface area contributed by atoms with Crippen molar-refractivity contribution in [1.82, 2.24) is 10.2 Å². The van der Waals surface area contributed by atoms with E-state index in [-0.39, 0.29) is 0 Å². The van der Waals surface area contributed by atoms with Crippen molar-refractivity contribution in [2.75, 3.05) is 12.4 Å². The van der Waals surface area contributed by atoms with Crippen LogP contribution in [0.3, 0.4) is 0 Å². The van der Waals surface area contributed by atoms with Gasteiger partial charge >= 0.3 is 0 Å². The zero-order valence-electron chi connectivity index (χ0n) is 13.2. The Kier molecular flexibility index (Phi) is 6.09. The molecule has 0 N–H and O–H groups in total. The maximum Gasteiger partial charge on any atom is 0.252 e. The molecular formula is C18H15ClN2O3S. The van der Waals surface area contributed by atoms with Crippen LogP contribution in [0, 0.1) is 0 Å². The lowest BCUT2D eigenvalue weighted by Gasteiger charge is -2.04. The number of hydrogen-bond donors (Lipinski definition) is 0. The van der Waals surface area contributed by atoms with E-state index < -0.39 is 5.24 Å². The van der Waals surface area contributed by atoms with Crippen LogP contribution in [0.1, 0.15) is 16.2 Å². The van der Waals surface area contributed by atoms with Gasteiger partial charge in [0.1, 0.15) is 5.75 Å². The second-order valence-corrected chi connectivity index (χ2v) is 6.52. The number of carbonyl (C=O) groups is 1. The van der Waals surface area contributed by atoms with Crippen LogP contribution in [0.5, 0.6) is 5.75 Å². The molecule has 0 aliphatic carbocycles. The molecule has 0 atom stereocenters. The van der Waals surface area contributed by atoms with Crippen molar-refractivity contribution in [3.05, 3.63) is 66.1 Å². The first-order valence-corrected chi connectivity index (χ1v) is 9.14. The quantitative estimate of drug-likeness (QED) is 0.429. The molecule has 1 aromatic heterocycles. The number of hydrogen-bond acceptors (Lipinski definition) is 6. The molecule has 25 heavy (non-hydrogen) atoms. The standard InChI is InChI=1S/C18H15ClN2O3S/c19-17(22)13-5-4-6-14(11-13)18-21-20-16(24-18)12-25-10-9-23-15-7-2-1-3-8-15/h1-8,11H,9-10,12H2. The van der Waals surface area contributed by atoms with Gasteiger partial charge in [-0.1, -0.05) is 30.3 Å². The first-order valence-electron chi connectivity index (χ1n) is 7.60. The predicted molar refractivity (Wildman–Crippen MR) is 98.0 cm³/mol. The van der Waals surface area contributed by atoms with Gasteiger partial charge in [0.2, 0.25) is 11.8 Å². The molecule has 0 amide bonds. The third-order valence-electron chi connectivity index (χ3n) is 3.27. The van der Waals surface area contributed by atoms with Crippen LogP contribution < -0.4 is 4.74 Å². The summed E-state index contributed by atoms with van der Waals surface area (Å²) >= 11 is 7.14. The van der Waals surface area contributed by atoms with E-state index in [9.17, 15) is 4.79 Å². The Morgan fingerprint density at radius 1 is 1.12 bits per heavy atom. The van der Waals surface area contributed by atoms with Gasteiger partial charge in [0, 0.05) is 16.9 Å². The summed E-state index contributed by atoms with van der Waals surface area (Å²) in [5.41, 5.74) is 1.06. The van der Waals surface area contributed by atoms with Crippen LogP contribution in [0.25, 0.3) is 11.5 Å². The number of aromatic nitrogens is 2. The fourth-order valence-corrected chi connectivity index (χ4v) is 2.85. The molecular weight excluding hydrogens is 360 g/mol. The highest BCUT2D eigenvalue weighted by molar-refractivity contribution is 7.98. The largest absolute Gasteiger partial charge is 0.493 e. The molecule has 0 unspecified atom stereocenters. The van der Waals surface area contributed by atoms with Gasteiger partial charge < -0.3 is 9.15 Å². The van der Waals surface area contributed by atoms with Gasteiger partial charge in [0.05, 0.1) is 12.4 Å². The second kappa shape index (κ2) is 8.69. The number of ether oxygens (including phenoxy) is 1. The maximum atomic E-state index is 11.2. The summed E-state index contributed by atoms with van der Waals surface area (Å²) in [6, 6.07) is 16.5. The number of thioether (sulfide) groups is 1. The first-order chi connectivity index (χ1) is 12.2. The van der Waals surface area contributed by atoms with Gasteiger partial charge in [-0.2, -0.15) is 0 Å². The number of para-hydroxylation sites is 1. The lowest BCUT2D eigenvalue weighted by Crippen LogP contribution is -2.00. The van der Waals surface area contributed by atoms with Gasteiger partial charge in [0.25, 0.3) is 5.24 Å². The molecule has 3 aromatic rings. The van der Waals surface area contributed by atoms with Crippen molar-refractivity contribution >= 4 is 28.6 Å². The van der Waals surface area contributed by atoms with Crippen molar-refractivity contribution in [2.45, 2.75) is 5.75 Å². The van der Waals surface area contributed by atoms with Crippen molar-refractivity contribution in [3.8, 4) is 17.2 Å². The van der Waals surface area contributed by atoms with Crippen LogP contribution >= 0.6 is 23.4 Å². The molecule has 0 saturated heterocycles. The number of nitrogens with zero attached hydrogens (tertiary/aromatic N) is 2. The monoisotopic (exact) mass is 374 g/mol. The summed E-state index contributed by atoms with van der Waals surface area (Å²) < 4.78 is 11.3. The van der Waals surface area contributed by atoms with Gasteiger partial charge in [-0.05, 0) is 35.9 Å². The van der Waals surface area contributed by atoms with Crippen LogP contribution in [0.15, 0.2) is 59.0 Å². The SMILES string of the molecule is O=C(Cl)c1cccc(-c2nnc(CSCCOc3ccccc3)o2)c1. The highest BCUT2D eigenvalue weighted by atomic mass is 35.5. The molecule has 2 aromatic carbocycles. The van der Waals surface area contributed by atoms with E-state index in [2.05, 4.69) is 10.2 Å². The van der Waals surface area contributed by atoms with Crippen LogP contribution in [0.2, 0.25) is 0 Å². The third kappa shape index (κ3) is 5.08. The Balaban J connectivity index is 1.49. The van der Waals surface area contributed by atoms with Gasteiger partial charge in [0.15, 0.2) is 0 Å². The van der Waals surface area contributed by atoms with E-state index in [0.717, 1.165) is 11.5 Å². The molecule has 0 bridgehead atoms. The van der Waals surface area contributed by atoms with Crippen molar-refractivity contribution in [2.24, 2.45) is 0 Å². The van der Waals surface area contributed by atoms with E-state index >= 15 is 0 Å². The van der Waals surface area contributed by atoms with Gasteiger partial charge in [-0.25, -0.2) is 0 Å². The molecule has 0 saturated carbocycles. The van der Waals surface area contributed by atoms with Crippen LogP contribution in [0.4, 0.5) is 0 Å². The predicted octanol–water partition coefficient (Wildman–Crippen LogP) is 4.43. The lowest BCUT2D eigenvalue weighted by atomic mass is 10.1. The normalized spacial score (nSPS) is 10.6. The summed E-state index contributed by atoms with van der Waals surface area (Å²) in [5.74, 6) is 3.16. The summed E-state index contributed by atoms with van der Waals surface area (Å²) in [5, 5.41) is 7.53. The molecule has 128 valence electrons. The molecule has 5 nitrogen and oxygen atoms in total. The second-order valence-electron chi connectivity index (χ2n) is 5.07. The Hall–Kier alpha value is -2.31. The lowest BCUT2D eigenvalue weighted by molar-refractivity contribution is 0.108. The minimum absolute atomic E-state index is 0.371. The van der Waals surface area contributed by atoms with Gasteiger partial charge in [-0.15, -0.1) is 22.0 Å². The average molecular weight is 375 g/mol. The van der Waals surface area contributed by atoms with E-state index in [0.29, 0.717) is 35.3 Å². The van der Waals surface area contributed by atoms with E-state index in [1.54, 1.807) is 36.0 Å². The molecule has 7 heteroatoms. The molecule has 0 fully saturated rings. The number of rotatable bonds is 8. The average Bonchev–Trinajstić information content (AvgIpc) is 3.11. The molecule has 1 heterocycles. The molecule has 0 radical (unpaired) electrons. The Morgan fingerprint density at radius 2 is 1.96 bits per heavy atom. The fourth-order valence-electron chi connectivity index (χ4n) is 2.10. The summed E-state index contributed by atoms with van der Waals surface area (Å²) in [6.45, 7) is 0.607. The maximum absolute atomic E-state index is 11.2. The zero-order chi connectivity index (χ0) is 17.5. The van der Waals surface area contributed by atoms with Crippen molar-refractivity contribution in [3.63, 3.8) is 0 Å². The van der Waals surface area contributed by atoms with Crippen molar-refractivity contribution < 1.29 is 13.9 Å². The highest BCUT2D eigenvalue weighted by Crippen LogP contribution is 2.21. The smallest absolute Gasteiger partial charge is 0.252 e. The third-order valence-corrected chi connectivity index (χ3v) is 4.39. The van der Waals surface area contributed by atoms with E-state index in [1.807, 2.05) is 30.3 Å². The Bertz CT molecular complexity index is 839. The van der Waals surface area contributed by atoms with Crippen LogP contribution in [-0.4, -0.2) is 27.8 Å². The molecule has 3 rings (SSSR count). The van der Waals surface area contributed by atoms with Crippen molar-refractivity contribution in [1.29, 1.82) is 0 Å². The highest BCUT2D eigenvalue weighted by Gasteiger charge is 2.11. The summed E-state index contributed by atoms with van der Waals surface area (Å²) in [6.07, 6.45) is 0. The van der Waals surface area contributed by atoms with E-state index in [1.165, 1.54) is 0 Å². The number of halogens is 1. The Morgan fingerprint density at radius 3 is 2.76 bits per heavy atom. The molecule has 0 aliphatic heterocycles. The minimum Gasteiger partial charge on any atom is -0.493 e. The summed E-state index contributed by atoms with van der Waals surface area (Å²) in [4.78, 5) is 11.2. The summed E-state index contributed by atoms with van der Waals surface area (Å²) in [7, 11) is 0. The first kappa shape index (κ1) is 17.5. The van der Waals surface area contributed by atoms with Gasteiger partial charge in [-0.3, -0.25) is 4.79 Å². The fraction of sp³-hybridized carbons (Fsp3) is 0.167. The van der Waals surface area contributed by atoms with E-state index in [4.69, 9.17) is 20.8 Å². The molecule has 0 spiro atoms. The number of benzene rings is 2. The topological polar surface area (TPSA) is 65.2 Å². The molecule has 0 aliphatic rings. The number of carbonyl (C=O) groups excluding carboxylic acids is 1.